The van der Waals surface area contributed by atoms with Gasteiger partial charge in [0.15, 0.2) is 5.69 Å². The molecule has 0 N–H and O–H groups in total. The summed E-state index contributed by atoms with van der Waals surface area (Å²) in [6.45, 7) is 2.23. The molecular formula is C19H23NO2. The number of rotatable bonds is 4. The average Bonchev–Trinajstić information content (AvgIpc) is 2.55. The fourth-order valence-electron chi connectivity index (χ4n) is 3.47. The number of nitrogens with zero attached hydrogens (tertiary/aromatic N) is 1. The van der Waals surface area contributed by atoms with E-state index in [1.165, 1.54) is 18.4 Å². The molecule has 0 saturated heterocycles. The number of hydrogen-bond acceptors (Lipinski definition) is 2. The van der Waals surface area contributed by atoms with Gasteiger partial charge in [0.05, 0.1) is 12.7 Å². The van der Waals surface area contributed by atoms with Crippen molar-refractivity contribution in [1.82, 2.24) is 0 Å². The van der Waals surface area contributed by atoms with Gasteiger partial charge in [-0.25, -0.2) is 0 Å². The highest BCUT2D eigenvalue weighted by molar-refractivity contribution is 5.59. The maximum atomic E-state index is 12.8. The smallest absolute Gasteiger partial charge is 0.224 e. The first-order chi connectivity index (χ1) is 10.7. The van der Waals surface area contributed by atoms with Crippen LogP contribution in [0.15, 0.2) is 36.4 Å². The quantitative estimate of drug-likeness (QED) is 0.634. The summed E-state index contributed by atoms with van der Waals surface area (Å²) in [7, 11) is 1.64. The summed E-state index contributed by atoms with van der Waals surface area (Å²) in [5, 5.41) is 12.8. The van der Waals surface area contributed by atoms with E-state index >= 15 is 0 Å². The number of hydrogen-bond donors (Lipinski definition) is 0. The van der Waals surface area contributed by atoms with Gasteiger partial charge in [0.2, 0.25) is 5.69 Å². The Bertz CT molecular complexity index is 666. The highest BCUT2D eigenvalue weighted by Gasteiger charge is 2.26. The fraction of sp³-hybridized carbons (Fsp3) is 0.421. The molecule has 0 aliphatic heterocycles. The molecule has 0 radical (unpaired) electrons. The number of methoxy groups -OCH3 is 1. The summed E-state index contributed by atoms with van der Waals surface area (Å²) in [4.78, 5) is 0. The van der Waals surface area contributed by atoms with Crippen LogP contribution < -0.4 is 9.47 Å². The zero-order valence-corrected chi connectivity index (χ0v) is 13.3. The molecule has 0 bridgehead atoms. The molecule has 1 aliphatic rings. The van der Waals surface area contributed by atoms with Crippen molar-refractivity contribution in [3.05, 3.63) is 52.9 Å². The molecule has 116 valence electrons. The van der Waals surface area contributed by atoms with E-state index in [0.717, 1.165) is 46.9 Å². The fourth-order valence-corrected chi connectivity index (χ4v) is 3.47. The first-order valence-corrected chi connectivity index (χ1v) is 8.11. The van der Waals surface area contributed by atoms with Crippen LogP contribution in [0.1, 0.15) is 37.4 Å². The Morgan fingerprint density at radius 3 is 2.91 bits per heavy atom. The topological polar surface area (TPSA) is 36.2 Å². The molecular weight excluding hydrogens is 274 g/mol. The molecule has 0 fully saturated rings. The molecule has 1 unspecified atom stereocenters. The number of ether oxygens (including phenoxy) is 1. The Kier molecular flexibility index (Phi) is 4.32. The van der Waals surface area contributed by atoms with Crippen LogP contribution in [0.5, 0.6) is 5.75 Å². The van der Waals surface area contributed by atoms with E-state index in [1.54, 1.807) is 7.11 Å². The van der Waals surface area contributed by atoms with E-state index in [-0.39, 0.29) is 0 Å². The zero-order valence-electron chi connectivity index (χ0n) is 13.3. The summed E-state index contributed by atoms with van der Waals surface area (Å²) in [5.74, 6) is 1.51. The predicted octanol–water partition coefficient (Wildman–Crippen LogP) is 3.90. The van der Waals surface area contributed by atoms with Crippen LogP contribution in [0.2, 0.25) is 0 Å². The van der Waals surface area contributed by atoms with E-state index in [0.29, 0.717) is 5.69 Å². The van der Waals surface area contributed by atoms with Crippen LogP contribution in [0, 0.1) is 11.1 Å². The maximum absolute atomic E-state index is 12.8. The number of benzene rings is 1. The van der Waals surface area contributed by atoms with Crippen LogP contribution in [0.25, 0.3) is 11.3 Å². The monoisotopic (exact) mass is 297 g/mol. The van der Waals surface area contributed by atoms with Crippen molar-refractivity contribution in [2.24, 2.45) is 5.92 Å². The van der Waals surface area contributed by atoms with Gasteiger partial charge in [-0.1, -0.05) is 25.8 Å². The Morgan fingerprint density at radius 1 is 1.27 bits per heavy atom. The second-order valence-corrected chi connectivity index (χ2v) is 6.11. The van der Waals surface area contributed by atoms with Gasteiger partial charge in [-0.2, -0.15) is 4.73 Å². The second-order valence-electron chi connectivity index (χ2n) is 6.11. The Hall–Kier alpha value is -2.03. The van der Waals surface area contributed by atoms with Gasteiger partial charge in [-0.3, -0.25) is 0 Å². The molecule has 0 amide bonds. The lowest BCUT2D eigenvalue weighted by molar-refractivity contribution is -0.603. The van der Waals surface area contributed by atoms with E-state index < -0.39 is 0 Å². The van der Waals surface area contributed by atoms with E-state index in [4.69, 9.17) is 4.74 Å². The molecule has 22 heavy (non-hydrogen) atoms. The van der Waals surface area contributed by atoms with Gasteiger partial charge in [0.25, 0.3) is 0 Å². The van der Waals surface area contributed by atoms with Gasteiger partial charge in [0.1, 0.15) is 5.75 Å². The molecule has 1 aromatic heterocycles. The Morgan fingerprint density at radius 2 is 2.14 bits per heavy atom. The highest BCUT2D eigenvalue weighted by Crippen LogP contribution is 2.29. The van der Waals surface area contributed by atoms with Crippen LogP contribution in [-0.2, 0) is 12.8 Å². The molecule has 3 heteroatoms. The third-order valence-corrected chi connectivity index (χ3v) is 4.64. The van der Waals surface area contributed by atoms with Crippen molar-refractivity contribution in [3.8, 4) is 17.0 Å². The van der Waals surface area contributed by atoms with Crippen molar-refractivity contribution in [1.29, 1.82) is 0 Å². The Balaban J connectivity index is 1.95. The first kappa shape index (κ1) is 14.9. The number of aromatic nitrogens is 1. The van der Waals surface area contributed by atoms with E-state index in [2.05, 4.69) is 13.0 Å². The molecule has 1 atom stereocenters. The van der Waals surface area contributed by atoms with Gasteiger partial charge < -0.3 is 9.94 Å². The normalized spacial score (nSPS) is 17.1. The maximum Gasteiger partial charge on any atom is 0.224 e. The minimum Gasteiger partial charge on any atom is -0.618 e. The SMILES string of the molecule is CCCC1CCc2c(ccc(-c3cccc(OC)c3)[n+]2[O-])C1. The summed E-state index contributed by atoms with van der Waals surface area (Å²) < 4.78 is 6.39. The molecule has 3 rings (SSSR count). The van der Waals surface area contributed by atoms with Crippen molar-refractivity contribution in [2.75, 3.05) is 7.11 Å². The highest BCUT2D eigenvalue weighted by atomic mass is 16.5. The standard InChI is InChI=1S/C19H23NO2/c1-3-5-14-8-10-18-16(12-14)9-11-19(20(18)21)15-6-4-7-17(13-15)22-2/h4,6-7,9,11,13-14H,3,5,8,10,12H2,1-2H3. The molecule has 1 aliphatic carbocycles. The third kappa shape index (κ3) is 2.80. The van der Waals surface area contributed by atoms with Crippen molar-refractivity contribution in [3.63, 3.8) is 0 Å². The van der Waals surface area contributed by atoms with Crippen molar-refractivity contribution >= 4 is 0 Å². The number of pyridine rings is 1. The molecule has 3 nitrogen and oxygen atoms in total. The average molecular weight is 297 g/mol. The van der Waals surface area contributed by atoms with Crippen LogP contribution in [-0.4, -0.2) is 7.11 Å². The molecule has 2 aromatic rings. The summed E-state index contributed by atoms with van der Waals surface area (Å²) in [6.07, 6.45) is 5.55. The lowest BCUT2D eigenvalue weighted by Gasteiger charge is -2.23. The van der Waals surface area contributed by atoms with Crippen LogP contribution in [0.3, 0.4) is 0 Å². The molecule has 0 spiro atoms. The lowest BCUT2D eigenvalue weighted by Crippen LogP contribution is -2.38. The zero-order chi connectivity index (χ0) is 15.5. The number of fused-ring (bicyclic) bond motifs is 1. The van der Waals surface area contributed by atoms with Crippen LogP contribution >= 0.6 is 0 Å². The molecule has 1 heterocycles. The molecule has 1 aromatic carbocycles. The van der Waals surface area contributed by atoms with Crippen LogP contribution in [0.4, 0.5) is 0 Å². The minimum absolute atomic E-state index is 0.714. The lowest BCUT2D eigenvalue weighted by atomic mass is 9.84. The van der Waals surface area contributed by atoms with E-state index in [1.807, 2.05) is 30.3 Å². The Labute approximate surface area is 132 Å². The second kappa shape index (κ2) is 6.39. The predicted molar refractivity (Wildman–Crippen MR) is 87.8 cm³/mol. The van der Waals surface area contributed by atoms with Crippen molar-refractivity contribution < 1.29 is 9.47 Å². The molecule has 0 saturated carbocycles. The largest absolute Gasteiger partial charge is 0.618 e. The van der Waals surface area contributed by atoms with Crippen molar-refractivity contribution in [2.45, 2.75) is 39.0 Å². The van der Waals surface area contributed by atoms with E-state index in [9.17, 15) is 5.21 Å². The van der Waals surface area contributed by atoms with Gasteiger partial charge in [-0.05, 0) is 43.0 Å². The van der Waals surface area contributed by atoms with Gasteiger partial charge in [0, 0.05) is 18.1 Å². The van der Waals surface area contributed by atoms with Gasteiger partial charge >= 0.3 is 0 Å². The minimum atomic E-state index is 0.714. The summed E-state index contributed by atoms with van der Waals surface area (Å²) >= 11 is 0. The first-order valence-electron chi connectivity index (χ1n) is 8.11. The summed E-state index contributed by atoms with van der Waals surface area (Å²) in [6, 6.07) is 11.8. The summed E-state index contributed by atoms with van der Waals surface area (Å²) in [5.41, 5.74) is 3.80. The van der Waals surface area contributed by atoms with Gasteiger partial charge in [-0.15, -0.1) is 0 Å². The third-order valence-electron chi connectivity index (χ3n) is 4.64.